The van der Waals surface area contributed by atoms with E-state index in [2.05, 4.69) is 88.8 Å². The van der Waals surface area contributed by atoms with Crippen LogP contribution in [0.2, 0.25) is 0 Å². The number of fused-ring (bicyclic) bond motifs is 3. The minimum absolute atomic E-state index is 0.729. The molecule has 0 radical (unpaired) electrons. The quantitative estimate of drug-likeness (QED) is 0.151. The molecule has 5 heteroatoms. The average Bonchev–Trinajstić information content (AvgIpc) is 3.55. The molecule has 0 saturated heterocycles. The number of hydrogen-bond acceptors (Lipinski definition) is 3. The van der Waals surface area contributed by atoms with Gasteiger partial charge in [0.25, 0.3) is 0 Å². The van der Waals surface area contributed by atoms with E-state index in [1.165, 1.54) is 49.6 Å². The second-order valence-corrected chi connectivity index (χ2v) is 10.3. The van der Waals surface area contributed by atoms with Gasteiger partial charge in [0.15, 0.2) is 0 Å². The van der Waals surface area contributed by atoms with E-state index in [0.29, 0.717) is 0 Å². The lowest BCUT2D eigenvalue weighted by molar-refractivity contribution is 0.724. The number of benzene rings is 4. The topological polar surface area (TPSA) is 96.5 Å². The third-order valence-electron chi connectivity index (χ3n) is 7.48. The Labute approximate surface area is 223 Å². The highest BCUT2D eigenvalue weighted by atomic mass is 14.9. The second-order valence-electron chi connectivity index (χ2n) is 10.3. The van der Waals surface area contributed by atoms with Crippen molar-refractivity contribution in [1.29, 1.82) is 0 Å². The Morgan fingerprint density at radius 1 is 0.526 bits per heavy atom. The van der Waals surface area contributed by atoms with Crippen molar-refractivity contribution in [3.05, 3.63) is 90.4 Å². The van der Waals surface area contributed by atoms with Crippen LogP contribution in [0.5, 0.6) is 0 Å². The summed E-state index contributed by atoms with van der Waals surface area (Å²) in [7, 11) is 0. The molecule has 192 valence electrons. The Bertz CT molecular complexity index is 1580. The molecule has 0 spiro atoms. The summed E-state index contributed by atoms with van der Waals surface area (Å²) >= 11 is 0. The van der Waals surface area contributed by atoms with Crippen molar-refractivity contribution >= 4 is 32.7 Å². The van der Waals surface area contributed by atoms with Crippen molar-refractivity contribution in [2.45, 2.75) is 38.5 Å². The lowest BCUT2D eigenvalue weighted by Crippen LogP contribution is -1.99. The van der Waals surface area contributed by atoms with Crippen LogP contribution in [0.3, 0.4) is 0 Å². The van der Waals surface area contributed by atoms with Crippen molar-refractivity contribution < 1.29 is 0 Å². The number of aryl methyl sites for hydroxylation is 2. The van der Waals surface area contributed by atoms with Gasteiger partial charge >= 0.3 is 0 Å². The van der Waals surface area contributed by atoms with Crippen LogP contribution in [0.15, 0.2) is 78.9 Å². The average molecular weight is 502 g/mol. The first kappa shape index (κ1) is 24.4. The number of aromatic amines is 2. The first-order valence-corrected chi connectivity index (χ1v) is 13.8. The van der Waals surface area contributed by atoms with Gasteiger partial charge in [-0.1, -0.05) is 42.5 Å². The summed E-state index contributed by atoms with van der Waals surface area (Å²) in [5.74, 6) is 1.04. The summed E-state index contributed by atoms with van der Waals surface area (Å²) < 4.78 is 0. The summed E-state index contributed by atoms with van der Waals surface area (Å²) in [6.07, 6.45) is 6.25. The van der Waals surface area contributed by atoms with E-state index in [1.807, 2.05) is 0 Å². The zero-order valence-electron chi connectivity index (χ0n) is 21.8. The summed E-state index contributed by atoms with van der Waals surface area (Å²) in [5, 5.41) is 3.74. The molecule has 0 amide bonds. The fourth-order valence-corrected chi connectivity index (χ4v) is 5.36. The molecular weight excluding hydrogens is 466 g/mol. The minimum atomic E-state index is 0.729. The van der Waals surface area contributed by atoms with Gasteiger partial charge in [0.1, 0.15) is 5.82 Å². The fraction of sp³-hybridized carbons (Fsp3) is 0.242. The van der Waals surface area contributed by atoms with Crippen LogP contribution < -0.4 is 11.5 Å². The molecular formula is C33H35N5. The van der Waals surface area contributed by atoms with Gasteiger partial charge in [0, 0.05) is 17.6 Å². The van der Waals surface area contributed by atoms with E-state index in [0.717, 1.165) is 68.5 Å². The largest absolute Gasteiger partial charge is 0.358 e. The van der Waals surface area contributed by atoms with Crippen LogP contribution in [-0.2, 0) is 12.8 Å². The van der Waals surface area contributed by atoms with E-state index < -0.39 is 0 Å². The lowest BCUT2D eigenvalue weighted by atomic mass is 9.97. The molecule has 2 heterocycles. The molecule has 0 fully saturated rings. The maximum absolute atomic E-state index is 5.65. The molecule has 0 bridgehead atoms. The van der Waals surface area contributed by atoms with Gasteiger partial charge in [-0.2, -0.15) is 0 Å². The third-order valence-corrected chi connectivity index (χ3v) is 7.48. The number of aromatic nitrogens is 3. The van der Waals surface area contributed by atoms with Gasteiger partial charge in [-0.3, -0.25) is 0 Å². The number of nitrogens with two attached hydrogens (primary N) is 2. The number of H-pyrrole nitrogens is 2. The van der Waals surface area contributed by atoms with Crippen LogP contribution in [0.4, 0.5) is 0 Å². The SMILES string of the molecule is NCCCCc1cc2ccc(-c3ccc4cc(-c5ccc6nc(CCCCN)[nH]c6c5)ccc4c3)cc2[nH]1. The molecule has 0 aliphatic heterocycles. The standard InChI is InChI=1S/C33H35N5/c34-15-3-1-5-29-19-28-12-11-26(20-31(28)36-29)24-9-7-23-18-25(10-8-22(23)17-24)27-13-14-30-32(21-27)38-33(37-30)6-2-4-16-35/h7-14,17-21,36H,1-6,15-16,34-35H2,(H,37,38). The van der Waals surface area contributed by atoms with Gasteiger partial charge in [0.05, 0.1) is 11.0 Å². The molecule has 4 aromatic carbocycles. The van der Waals surface area contributed by atoms with Gasteiger partial charge in [-0.05, 0) is 120 Å². The number of nitrogens with one attached hydrogen (secondary N) is 2. The maximum Gasteiger partial charge on any atom is 0.107 e. The van der Waals surface area contributed by atoms with Crippen LogP contribution in [0, 0.1) is 0 Å². The van der Waals surface area contributed by atoms with Gasteiger partial charge in [-0.15, -0.1) is 0 Å². The van der Waals surface area contributed by atoms with E-state index in [4.69, 9.17) is 16.5 Å². The molecule has 0 unspecified atom stereocenters. The van der Waals surface area contributed by atoms with E-state index >= 15 is 0 Å². The molecule has 6 N–H and O–H groups in total. The summed E-state index contributed by atoms with van der Waals surface area (Å²) in [5.41, 5.74) is 20.7. The molecule has 2 aromatic heterocycles. The molecule has 0 aliphatic carbocycles. The van der Waals surface area contributed by atoms with Crippen LogP contribution in [-0.4, -0.2) is 28.0 Å². The fourth-order valence-electron chi connectivity index (χ4n) is 5.36. The number of nitrogens with zero attached hydrogens (tertiary/aromatic N) is 1. The van der Waals surface area contributed by atoms with Gasteiger partial charge < -0.3 is 21.4 Å². The van der Waals surface area contributed by atoms with Gasteiger partial charge in [0.2, 0.25) is 0 Å². The molecule has 0 atom stereocenters. The molecule has 6 aromatic rings. The minimum Gasteiger partial charge on any atom is -0.358 e. The van der Waals surface area contributed by atoms with Crippen molar-refractivity contribution in [2.75, 3.05) is 13.1 Å². The highest BCUT2D eigenvalue weighted by Crippen LogP contribution is 2.31. The highest BCUT2D eigenvalue weighted by molar-refractivity contribution is 5.93. The molecule has 0 aliphatic rings. The third kappa shape index (κ3) is 5.08. The van der Waals surface area contributed by atoms with Crippen molar-refractivity contribution in [3.8, 4) is 22.3 Å². The number of hydrogen-bond donors (Lipinski definition) is 4. The van der Waals surface area contributed by atoms with Crippen LogP contribution >= 0.6 is 0 Å². The zero-order valence-corrected chi connectivity index (χ0v) is 21.8. The lowest BCUT2D eigenvalue weighted by Gasteiger charge is -2.08. The summed E-state index contributed by atoms with van der Waals surface area (Å²) in [6, 6.07) is 28.9. The number of imidazole rings is 1. The normalized spacial score (nSPS) is 11.7. The number of unbranched alkanes of at least 4 members (excludes halogenated alkanes) is 2. The molecule has 6 rings (SSSR count). The predicted molar refractivity (Wildman–Crippen MR) is 160 cm³/mol. The van der Waals surface area contributed by atoms with E-state index in [1.54, 1.807) is 0 Å². The highest BCUT2D eigenvalue weighted by Gasteiger charge is 2.08. The Kier molecular flexibility index (Phi) is 6.95. The Balaban J connectivity index is 1.24. The molecule has 5 nitrogen and oxygen atoms in total. The number of rotatable bonds is 10. The van der Waals surface area contributed by atoms with Crippen molar-refractivity contribution in [1.82, 2.24) is 15.0 Å². The summed E-state index contributed by atoms with van der Waals surface area (Å²) in [4.78, 5) is 11.8. The van der Waals surface area contributed by atoms with Crippen molar-refractivity contribution in [2.24, 2.45) is 11.5 Å². The van der Waals surface area contributed by atoms with Gasteiger partial charge in [-0.25, -0.2) is 4.98 Å². The van der Waals surface area contributed by atoms with Crippen LogP contribution in [0.25, 0.3) is 55.0 Å². The molecule has 38 heavy (non-hydrogen) atoms. The zero-order chi connectivity index (χ0) is 25.9. The van der Waals surface area contributed by atoms with Crippen LogP contribution in [0.1, 0.15) is 37.2 Å². The van der Waals surface area contributed by atoms with Crippen molar-refractivity contribution in [3.63, 3.8) is 0 Å². The monoisotopic (exact) mass is 501 g/mol. The maximum atomic E-state index is 5.65. The first-order chi connectivity index (χ1) is 18.7. The Morgan fingerprint density at radius 2 is 1.11 bits per heavy atom. The second kappa shape index (κ2) is 10.8. The van der Waals surface area contributed by atoms with E-state index in [-0.39, 0.29) is 0 Å². The molecule has 0 saturated carbocycles. The predicted octanol–water partition coefficient (Wildman–Crippen LogP) is 7.09. The Morgan fingerprint density at radius 3 is 1.79 bits per heavy atom. The smallest absolute Gasteiger partial charge is 0.107 e. The summed E-state index contributed by atoms with van der Waals surface area (Å²) in [6.45, 7) is 1.48. The first-order valence-electron chi connectivity index (χ1n) is 13.8. The van der Waals surface area contributed by atoms with E-state index in [9.17, 15) is 0 Å². The Hall–Kier alpha value is -3.93.